The molecule has 0 spiro atoms. The quantitative estimate of drug-likeness (QED) is 0.272. The Morgan fingerprint density at radius 1 is 1.00 bits per heavy atom. The summed E-state index contributed by atoms with van der Waals surface area (Å²) in [5.41, 5.74) is 1.11. The monoisotopic (exact) mass is 458 g/mol. The number of carbonyl (C=O) groups excluding carboxylic acids is 2. The van der Waals surface area contributed by atoms with Crippen LogP contribution in [0.4, 0.5) is 0 Å². The smallest absolute Gasteiger partial charge is 0.315 e. The molecular weight excluding hydrogens is 424 g/mol. The number of ether oxygens (including phenoxy) is 1. The number of ketones is 1. The van der Waals surface area contributed by atoms with Crippen LogP contribution in [0.5, 0.6) is 11.5 Å². The number of esters is 1. The number of aromatic hydroxyl groups is 2. The van der Waals surface area contributed by atoms with Crippen LogP contribution in [-0.2, 0) is 9.53 Å². The molecule has 0 aliphatic carbocycles. The van der Waals surface area contributed by atoms with Gasteiger partial charge in [-0.05, 0) is 24.8 Å². The summed E-state index contributed by atoms with van der Waals surface area (Å²) in [6.45, 7) is 6.65. The summed E-state index contributed by atoms with van der Waals surface area (Å²) in [4.78, 5) is 25.1. The summed E-state index contributed by atoms with van der Waals surface area (Å²) in [6.07, 6.45) is 4.95. The summed E-state index contributed by atoms with van der Waals surface area (Å²) in [7, 11) is 0. The second-order valence-electron chi connectivity index (χ2n) is 7.93. The fourth-order valence-electron chi connectivity index (χ4n) is 3.53. The number of carbonyl (C=O) groups is 2. The molecule has 32 heavy (non-hydrogen) atoms. The number of unbranched alkanes of at least 4 members (excludes halogenated alkanes) is 1. The Morgan fingerprint density at radius 2 is 1.72 bits per heavy atom. The van der Waals surface area contributed by atoms with Crippen LogP contribution < -0.4 is 0 Å². The molecule has 0 saturated heterocycles. The molecule has 0 amide bonds. The molecule has 0 aromatic heterocycles. The van der Waals surface area contributed by atoms with E-state index in [9.17, 15) is 19.8 Å². The first kappa shape index (κ1) is 25.8. The zero-order valence-electron chi connectivity index (χ0n) is 19.2. The van der Waals surface area contributed by atoms with Crippen molar-refractivity contribution in [2.24, 2.45) is 5.92 Å². The van der Waals surface area contributed by atoms with Gasteiger partial charge in [-0.1, -0.05) is 70.4 Å². The molecule has 2 N–H and O–H groups in total. The van der Waals surface area contributed by atoms with Crippen molar-refractivity contribution < 1.29 is 24.5 Å². The van der Waals surface area contributed by atoms with Gasteiger partial charge in [0.05, 0.1) is 17.9 Å². The standard InChI is InChI=1S/C26H34O5S/c1-4-7-11-18(5-2)16-31-25(29)17-32-24(6-3)20-14-21(23(28)15-22(20)27)26(30)19-12-9-8-10-13-19/h8-10,12-15,18,24,27-28H,4-7,11,16-17H2,1-3H3. The molecular formula is C26H34O5S. The van der Waals surface area contributed by atoms with E-state index in [-0.39, 0.29) is 39.8 Å². The van der Waals surface area contributed by atoms with Gasteiger partial charge in [-0.3, -0.25) is 9.59 Å². The summed E-state index contributed by atoms with van der Waals surface area (Å²) in [5.74, 6) is -0.407. The summed E-state index contributed by atoms with van der Waals surface area (Å²) in [5, 5.41) is 20.5. The maximum absolute atomic E-state index is 12.8. The van der Waals surface area contributed by atoms with E-state index in [4.69, 9.17) is 4.74 Å². The topological polar surface area (TPSA) is 83.8 Å². The average molecular weight is 459 g/mol. The molecule has 0 bridgehead atoms. The minimum atomic E-state index is -0.318. The van der Waals surface area contributed by atoms with Gasteiger partial charge in [-0.2, -0.15) is 0 Å². The molecule has 0 radical (unpaired) electrons. The van der Waals surface area contributed by atoms with Crippen LogP contribution in [-0.4, -0.2) is 34.3 Å². The largest absolute Gasteiger partial charge is 0.507 e. The molecule has 2 atom stereocenters. The Kier molecular flexibility index (Phi) is 10.6. The third-order valence-electron chi connectivity index (χ3n) is 5.57. The van der Waals surface area contributed by atoms with E-state index in [1.807, 2.05) is 13.0 Å². The number of thioether (sulfide) groups is 1. The fraction of sp³-hybridized carbons (Fsp3) is 0.462. The third-order valence-corrected chi connectivity index (χ3v) is 6.96. The molecule has 6 heteroatoms. The minimum absolute atomic E-state index is 0.0922. The van der Waals surface area contributed by atoms with Gasteiger partial charge in [0.15, 0.2) is 5.78 Å². The lowest BCUT2D eigenvalue weighted by atomic mass is 9.98. The van der Waals surface area contributed by atoms with Crippen LogP contribution in [0.15, 0.2) is 42.5 Å². The Morgan fingerprint density at radius 3 is 2.34 bits per heavy atom. The van der Waals surface area contributed by atoms with Crippen LogP contribution in [0.2, 0.25) is 0 Å². The number of phenolic OH excluding ortho intramolecular Hbond substituents is 2. The number of hydrogen-bond acceptors (Lipinski definition) is 6. The first-order chi connectivity index (χ1) is 15.4. The van der Waals surface area contributed by atoms with E-state index < -0.39 is 0 Å². The van der Waals surface area contributed by atoms with Crippen LogP contribution >= 0.6 is 11.8 Å². The SMILES string of the molecule is CCCCC(CC)COC(=O)CSC(CC)c1cc(C(=O)c2ccccc2)c(O)cc1O. The number of phenols is 2. The maximum atomic E-state index is 12.8. The Hall–Kier alpha value is -2.47. The van der Waals surface area contributed by atoms with Crippen molar-refractivity contribution in [3.05, 3.63) is 59.2 Å². The van der Waals surface area contributed by atoms with E-state index in [2.05, 4.69) is 13.8 Å². The molecule has 0 aliphatic heterocycles. The molecule has 0 aliphatic rings. The molecule has 0 saturated carbocycles. The molecule has 2 aromatic rings. The Bertz CT molecular complexity index is 881. The maximum Gasteiger partial charge on any atom is 0.315 e. The van der Waals surface area contributed by atoms with Gasteiger partial charge in [0.2, 0.25) is 0 Å². The highest BCUT2D eigenvalue weighted by molar-refractivity contribution is 8.00. The fourth-order valence-corrected chi connectivity index (χ4v) is 4.55. The van der Waals surface area contributed by atoms with E-state index in [0.717, 1.165) is 25.7 Å². The lowest BCUT2D eigenvalue weighted by Gasteiger charge is -2.19. The van der Waals surface area contributed by atoms with Gasteiger partial charge in [0.25, 0.3) is 0 Å². The zero-order valence-corrected chi connectivity index (χ0v) is 20.0. The molecule has 2 rings (SSSR count). The van der Waals surface area contributed by atoms with Gasteiger partial charge < -0.3 is 14.9 Å². The lowest BCUT2D eigenvalue weighted by Crippen LogP contribution is -2.16. The highest BCUT2D eigenvalue weighted by Crippen LogP contribution is 2.40. The van der Waals surface area contributed by atoms with E-state index in [0.29, 0.717) is 30.1 Å². The summed E-state index contributed by atoms with van der Waals surface area (Å²) < 4.78 is 5.48. The van der Waals surface area contributed by atoms with E-state index in [1.165, 1.54) is 23.9 Å². The van der Waals surface area contributed by atoms with Crippen molar-refractivity contribution in [1.29, 1.82) is 0 Å². The highest BCUT2D eigenvalue weighted by Gasteiger charge is 2.22. The van der Waals surface area contributed by atoms with Crippen molar-refractivity contribution in [3.63, 3.8) is 0 Å². The number of benzene rings is 2. The lowest BCUT2D eigenvalue weighted by molar-refractivity contribution is -0.141. The number of hydrogen-bond donors (Lipinski definition) is 2. The van der Waals surface area contributed by atoms with Crippen molar-refractivity contribution in [3.8, 4) is 11.5 Å². The van der Waals surface area contributed by atoms with Crippen LogP contribution in [0.25, 0.3) is 0 Å². The van der Waals surface area contributed by atoms with Crippen LogP contribution in [0.1, 0.15) is 79.6 Å². The first-order valence-corrected chi connectivity index (χ1v) is 12.4. The molecule has 5 nitrogen and oxygen atoms in total. The Labute approximate surface area is 195 Å². The zero-order chi connectivity index (χ0) is 23.5. The predicted molar refractivity (Wildman–Crippen MR) is 129 cm³/mol. The van der Waals surface area contributed by atoms with Crippen molar-refractivity contribution in [2.45, 2.75) is 58.1 Å². The molecule has 0 heterocycles. The van der Waals surface area contributed by atoms with Crippen molar-refractivity contribution >= 4 is 23.5 Å². The molecule has 174 valence electrons. The molecule has 2 unspecified atom stereocenters. The average Bonchev–Trinajstić information content (AvgIpc) is 2.80. The normalized spacial score (nSPS) is 12.8. The van der Waals surface area contributed by atoms with Crippen LogP contribution in [0.3, 0.4) is 0 Å². The van der Waals surface area contributed by atoms with E-state index >= 15 is 0 Å². The predicted octanol–water partition coefficient (Wildman–Crippen LogP) is 6.27. The highest BCUT2D eigenvalue weighted by atomic mass is 32.2. The van der Waals surface area contributed by atoms with Gasteiger partial charge in [-0.15, -0.1) is 11.8 Å². The van der Waals surface area contributed by atoms with Crippen molar-refractivity contribution in [2.75, 3.05) is 12.4 Å². The van der Waals surface area contributed by atoms with Crippen molar-refractivity contribution in [1.82, 2.24) is 0 Å². The third kappa shape index (κ3) is 7.30. The Balaban J connectivity index is 2.07. The summed E-state index contributed by atoms with van der Waals surface area (Å²) in [6, 6.07) is 11.4. The second kappa shape index (κ2) is 13.2. The van der Waals surface area contributed by atoms with Crippen LogP contribution in [0, 0.1) is 5.92 Å². The second-order valence-corrected chi connectivity index (χ2v) is 9.12. The number of rotatable bonds is 13. The summed E-state index contributed by atoms with van der Waals surface area (Å²) >= 11 is 1.37. The molecule has 0 fully saturated rings. The van der Waals surface area contributed by atoms with E-state index in [1.54, 1.807) is 24.3 Å². The van der Waals surface area contributed by atoms with Gasteiger partial charge in [0.1, 0.15) is 11.5 Å². The first-order valence-electron chi connectivity index (χ1n) is 11.3. The van der Waals surface area contributed by atoms with Gasteiger partial charge in [-0.25, -0.2) is 0 Å². The molecule has 2 aromatic carbocycles. The minimum Gasteiger partial charge on any atom is -0.507 e. The van der Waals surface area contributed by atoms with Gasteiger partial charge in [0, 0.05) is 22.4 Å². The van der Waals surface area contributed by atoms with Gasteiger partial charge >= 0.3 is 5.97 Å².